The monoisotopic (exact) mass is 244 g/mol. The lowest BCUT2D eigenvalue weighted by Gasteiger charge is -2.06. The highest BCUT2D eigenvalue weighted by atomic mass is 79.9. The first-order chi connectivity index (χ1) is 6.15. The fourth-order valence-electron chi connectivity index (χ4n) is 0.710. The maximum absolute atomic E-state index is 11.3. The van der Waals surface area contributed by atoms with Gasteiger partial charge in [0, 0.05) is 0 Å². The summed E-state index contributed by atoms with van der Waals surface area (Å²) >= 11 is 3.16. The lowest BCUT2D eigenvalue weighted by atomic mass is 10.4. The van der Waals surface area contributed by atoms with Gasteiger partial charge in [0.05, 0.1) is 10.7 Å². The van der Waals surface area contributed by atoms with Crippen LogP contribution in [0.3, 0.4) is 0 Å². The molecule has 1 rings (SSSR count). The van der Waals surface area contributed by atoms with Crippen molar-refractivity contribution in [3.05, 3.63) is 35.2 Å². The van der Waals surface area contributed by atoms with Gasteiger partial charge >= 0.3 is 5.97 Å². The third kappa shape index (κ3) is 2.45. The van der Waals surface area contributed by atoms with E-state index in [-0.39, 0.29) is 11.9 Å². The van der Waals surface area contributed by atoms with Gasteiger partial charge in [-0.05, 0) is 28.9 Å². The highest BCUT2D eigenvalue weighted by molar-refractivity contribution is 9.10. The second-order valence-corrected chi connectivity index (χ2v) is 3.30. The van der Waals surface area contributed by atoms with Crippen molar-refractivity contribution in [2.24, 2.45) is 0 Å². The first-order valence-electron chi connectivity index (χ1n) is 3.71. The Morgan fingerprint density at radius 3 is 3.00 bits per heavy atom. The maximum Gasteiger partial charge on any atom is 0.376 e. The third-order valence-corrected chi connectivity index (χ3v) is 2.05. The summed E-state index contributed by atoms with van der Waals surface area (Å²) in [6.07, 6.45) is 2.64. The summed E-state index contributed by atoms with van der Waals surface area (Å²) in [5.41, 5.74) is 0. The van der Waals surface area contributed by atoms with Gasteiger partial charge in [-0.3, -0.25) is 0 Å². The predicted molar refractivity (Wildman–Crippen MR) is 51.5 cm³/mol. The summed E-state index contributed by atoms with van der Waals surface area (Å²) in [7, 11) is 0. The van der Waals surface area contributed by atoms with E-state index >= 15 is 0 Å². The molecule has 1 aromatic rings. The van der Waals surface area contributed by atoms with Gasteiger partial charge in [-0.15, -0.1) is 0 Å². The van der Waals surface area contributed by atoms with Crippen molar-refractivity contribution in [3.63, 3.8) is 0 Å². The highest BCUT2D eigenvalue weighted by Crippen LogP contribution is 2.18. The summed E-state index contributed by atoms with van der Waals surface area (Å²) < 4.78 is 10.5. The molecule has 0 radical (unpaired) electrons. The van der Waals surface area contributed by atoms with Gasteiger partial charge in [-0.25, -0.2) is 4.79 Å². The van der Waals surface area contributed by atoms with E-state index in [1.807, 2.05) is 0 Å². The molecule has 3 nitrogen and oxygen atoms in total. The van der Waals surface area contributed by atoms with Crippen molar-refractivity contribution in [1.29, 1.82) is 0 Å². The van der Waals surface area contributed by atoms with Gasteiger partial charge in [-0.2, -0.15) is 0 Å². The third-order valence-electron chi connectivity index (χ3n) is 1.43. The zero-order valence-electron chi connectivity index (χ0n) is 7.12. The topological polar surface area (TPSA) is 39.4 Å². The molecule has 4 heteroatoms. The molecule has 0 unspecified atom stereocenters. The summed E-state index contributed by atoms with van der Waals surface area (Å²) in [5.74, 6) is -0.321. The number of hydrogen-bond donors (Lipinski definition) is 0. The zero-order chi connectivity index (χ0) is 9.84. The van der Waals surface area contributed by atoms with E-state index in [1.165, 1.54) is 12.3 Å². The van der Waals surface area contributed by atoms with Gasteiger partial charge in [0.2, 0.25) is 5.76 Å². The van der Waals surface area contributed by atoms with Gasteiger partial charge in [0.1, 0.15) is 6.10 Å². The van der Waals surface area contributed by atoms with Gasteiger partial charge in [0.25, 0.3) is 0 Å². The molecular formula is C9H9BrO3. The van der Waals surface area contributed by atoms with Crippen molar-refractivity contribution in [2.75, 3.05) is 0 Å². The minimum atomic E-state index is -0.496. The van der Waals surface area contributed by atoms with Gasteiger partial charge in [-0.1, -0.05) is 12.7 Å². The Hall–Kier alpha value is -1.03. The van der Waals surface area contributed by atoms with E-state index in [1.54, 1.807) is 13.0 Å². The number of carbonyl (C=O) groups excluding carboxylic acids is 1. The van der Waals surface area contributed by atoms with E-state index in [0.717, 1.165) is 0 Å². The van der Waals surface area contributed by atoms with Crippen LogP contribution in [0.5, 0.6) is 0 Å². The molecule has 0 aromatic carbocycles. The molecule has 1 aromatic heterocycles. The number of rotatable bonds is 3. The summed E-state index contributed by atoms with van der Waals surface area (Å²) in [4.78, 5) is 11.3. The number of ether oxygens (including phenoxy) is 1. The Morgan fingerprint density at radius 1 is 1.85 bits per heavy atom. The Morgan fingerprint density at radius 2 is 2.54 bits per heavy atom. The van der Waals surface area contributed by atoms with Crippen LogP contribution in [0.4, 0.5) is 0 Å². The fraction of sp³-hybridized carbons (Fsp3) is 0.222. The van der Waals surface area contributed by atoms with Crippen molar-refractivity contribution in [1.82, 2.24) is 0 Å². The SMILES string of the molecule is C=C[C@@H](C)OC(=O)c1occc1Br. The summed E-state index contributed by atoms with van der Waals surface area (Å²) in [6, 6.07) is 1.63. The van der Waals surface area contributed by atoms with Crippen LogP contribution in [-0.4, -0.2) is 12.1 Å². The van der Waals surface area contributed by atoms with Crippen LogP contribution in [0, 0.1) is 0 Å². The standard InChI is InChI=1S/C9H9BrO3/c1-3-6(2)13-9(11)8-7(10)4-5-12-8/h3-6H,1H2,2H3/t6-/m1/s1. The van der Waals surface area contributed by atoms with Crippen LogP contribution in [-0.2, 0) is 4.74 Å². The van der Waals surface area contributed by atoms with Crippen molar-refractivity contribution in [3.8, 4) is 0 Å². The summed E-state index contributed by atoms with van der Waals surface area (Å²) in [6.45, 7) is 5.22. The normalized spacial score (nSPS) is 12.2. The van der Waals surface area contributed by atoms with Gasteiger partial charge < -0.3 is 9.15 Å². The number of furan rings is 1. The fourth-order valence-corrected chi connectivity index (χ4v) is 1.07. The average molecular weight is 245 g/mol. The molecule has 0 bridgehead atoms. The van der Waals surface area contributed by atoms with E-state index < -0.39 is 5.97 Å². The molecule has 0 spiro atoms. The zero-order valence-corrected chi connectivity index (χ0v) is 8.71. The molecule has 1 atom stereocenters. The molecule has 0 aliphatic rings. The van der Waals surface area contributed by atoms with Crippen LogP contribution in [0.15, 0.2) is 33.9 Å². The molecule has 0 aliphatic heterocycles. The van der Waals surface area contributed by atoms with Gasteiger partial charge in [0.15, 0.2) is 0 Å². The Labute approximate surface area is 84.5 Å². The lowest BCUT2D eigenvalue weighted by Crippen LogP contribution is -2.12. The molecule has 0 saturated carbocycles. The molecule has 13 heavy (non-hydrogen) atoms. The Bertz CT molecular complexity index is 316. The first kappa shape index (κ1) is 10.1. The van der Waals surface area contributed by atoms with E-state index in [2.05, 4.69) is 22.5 Å². The van der Waals surface area contributed by atoms with E-state index in [0.29, 0.717) is 4.47 Å². The van der Waals surface area contributed by atoms with Crippen molar-refractivity contribution < 1.29 is 13.9 Å². The Kier molecular flexibility index (Phi) is 3.31. The van der Waals surface area contributed by atoms with E-state index in [9.17, 15) is 4.79 Å². The Balaban J connectivity index is 2.69. The van der Waals surface area contributed by atoms with Crippen LogP contribution < -0.4 is 0 Å². The molecule has 0 N–H and O–H groups in total. The second kappa shape index (κ2) is 4.28. The number of hydrogen-bond acceptors (Lipinski definition) is 3. The van der Waals surface area contributed by atoms with Crippen LogP contribution >= 0.6 is 15.9 Å². The number of esters is 1. The van der Waals surface area contributed by atoms with Crippen LogP contribution in [0.25, 0.3) is 0 Å². The molecular weight excluding hydrogens is 236 g/mol. The lowest BCUT2D eigenvalue weighted by molar-refractivity contribution is 0.0387. The summed E-state index contributed by atoms with van der Waals surface area (Å²) in [5, 5.41) is 0. The van der Waals surface area contributed by atoms with Crippen molar-refractivity contribution in [2.45, 2.75) is 13.0 Å². The smallest absolute Gasteiger partial charge is 0.376 e. The predicted octanol–water partition coefficient (Wildman–Crippen LogP) is 2.77. The minimum Gasteiger partial charge on any atom is -0.456 e. The van der Waals surface area contributed by atoms with Crippen molar-refractivity contribution >= 4 is 21.9 Å². The average Bonchev–Trinajstić information content (AvgIpc) is 2.51. The molecule has 0 saturated heterocycles. The number of halogens is 1. The largest absolute Gasteiger partial charge is 0.456 e. The molecule has 0 fully saturated rings. The highest BCUT2D eigenvalue weighted by Gasteiger charge is 2.16. The van der Waals surface area contributed by atoms with Crippen LogP contribution in [0.2, 0.25) is 0 Å². The van der Waals surface area contributed by atoms with E-state index in [4.69, 9.17) is 9.15 Å². The first-order valence-corrected chi connectivity index (χ1v) is 4.51. The molecule has 70 valence electrons. The van der Waals surface area contributed by atoms with Crippen LogP contribution in [0.1, 0.15) is 17.5 Å². The quantitative estimate of drug-likeness (QED) is 0.607. The maximum atomic E-state index is 11.3. The number of carbonyl (C=O) groups is 1. The minimum absolute atomic E-state index is 0.175. The second-order valence-electron chi connectivity index (χ2n) is 2.44. The molecule has 1 heterocycles. The molecule has 0 amide bonds. The molecule has 0 aliphatic carbocycles.